The molecule has 2 saturated heterocycles. The molecule has 3 rings (SSSR count). The Morgan fingerprint density at radius 1 is 1.07 bits per heavy atom. The maximum absolute atomic E-state index is 12.6. The molecule has 0 spiro atoms. The predicted octanol–water partition coefficient (Wildman–Crippen LogP) is 2.08. The van der Waals surface area contributed by atoms with Gasteiger partial charge in [-0.3, -0.25) is 29.9 Å². The predicted molar refractivity (Wildman–Crippen MR) is 105 cm³/mol. The highest BCUT2D eigenvalue weighted by molar-refractivity contribution is 8.26. The van der Waals surface area contributed by atoms with E-state index in [4.69, 9.17) is 12.2 Å². The fraction of sp³-hybridized carbons (Fsp3) is 0.0556. The van der Waals surface area contributed by atoms with E-state index in [9.17, 15) is 19.2 Å². The maximum atomic E-state index is 12.6. The summed E-state index contributed by atoms with van der Waals surface area (Å²) in [6, 6.07) is 8.71. The highest BCUT2D eigenvalue weighted by Crippen LogP contribution is 2.32. The molecule has 0 atom stereocenters. The lowest BCUT2D eigenvalue weighted by atomic mass is 10.1. The van der Waals surface area contributed by atoms with E-state index in [0.717, 1.165) is 34.0 Å². The summed E-state index contributed by atoms with van der Waals surface area (Å²) >= 11 is 6.24. The molecular weight excluding hydrogens is 386 g/mol. The molecule has 2 heterocycles. The van der Waals surface area contributed by atoms with Crippen molar-refractivity contribution in [1.82, 2.24) is 15.5 Å². The smallest absolute Gasteiger partial charge is 0.273 e. The largest absolute Gasteiger partial charge is 0.328 e. The minimum Gasteiger partial charge on any atom is -0.273 e. The van der Waals surface area contributed by atoms with Gasteiger partial charge in [-0.25, -0.2) is 4.79 Å². The number of thioether (sulfide) groups is 1. The summed E-state index contributed by atoms with van der Waals surface area (Å²) in [4.78, 5) is 48.7. The van der Waals surface area contributed by atoms with Crippen LogP contribution in [0.15, 0.2) is 58.7 Å². The molecule has 2 N–H and O–H groups in total. The summed E-state index contributed by atoms with van der Waals surface area (Å²) in [6.45, 7) is 1.85. The van der Waals surface area contributed by atoms with Crippen LogP contribution in [0.3, 0.4) is 0 Å². The lowest BCUT2D eigenvalue weighted by Gasteiger charge is -2.16. The second-order valence-electron chi connectivity index (χ2n) is 5.63. The molecule has 2 fully saturated rings. The molecule has 27 heavy (non-hydrogen) atoms. The molecule has 0 bridgehead atoms. The van der Waals surface area contributed by atoms with Crippen molar-refractivity contribution in [2.24, 2.45) is 0 Å². The summed E-state index contributed by atoms with van der Waals surface area (Å²) in [5, 5.41) is 3.89. The molecule has 136 valence electrons. The van der Waals surface area contributed by atoms with Crippen molar-refractivity contribution >= 4 is 58.1 Å². The van der Waals surface area contributed by atoms with Gasteiger partial charge in [-0.2, -0.15) is 0 Å². The minimum absolute atomic E-state index is 0.184. The Kier molecular flexibility index (Phi) is 5.33. The molecule has 5 amide bonds. The number of carbonyl (C=O) groups excluding carboxylic acids is 4. The first-order valence-electron chi connectivity index (χ1n) is 7.74. The number of urea groups is 1. The third-order valence-corrected chi connectivity index (χ3v) is 4.91. The van der Waals surface area contributed by atoms with Crippen molar-refractivity contribution in [2.45, 2.75) is 6.92 Å². The van der Waals surface area contributed by atoms with Crippen LogP contribution in [0.5, 0.6) is 0 Å². The number of nitrogens with one attached hydrogen (secondary N) is 2. The van der Waals surface area contributed by atoms with Gasteiger partial charge < -0.3 is 0 Å². The molecule has 0 radical (unpaired) electrons. The highest BCUT2D eigenvalue weighted by Gasteiger charge is 2.35. The van der Waals surface area contributed by atoms with Crippen LogP contribution in [-0.4, -0.2) is 33.0 Å². The van der Waals surface area contributed by atoms with E-state index >= 15 is 0 Å². The van der Waals surface area contributed by atoms with Gasteiger partial charge in [0.1, 0.15) is 5.57 Å². The quantitative estimate of drug-likeness (QED) is 0.459. The highest BCUT2D eigenvalue weighted by atomic mass is 32.2. The average molecular weight is 399 g/mol. The van der Waals surface area contributed by atoms with Gasteiger partial charge in [0, 0.05) is 6.20 Å². The van der Waals surface area contributed by atoms with Crippen molar-refractivity contribution in [3.05, 3.63) is 64.2 Å². The van der Waals surface area contributed by atoms with Crippen LogP contribution in [0.2, 0.25) is 0 Å². The monoisotopic (exact) mass is 399 g/mol. The van der Waals surface area contributed by atoms with Crippen LogP contribution < -0.4 is 10.6 Å². The van der Waals surface area contributed by atoms with Crippen LogP contribution >= 0.6 is 24.0 Å². The van der Waals surface area contributed by atoms with Crippen LogP contribution in [0.1, 0.15) is 12.5 Å². The SMILES string of the molecule is CC(=Cc1ccccc1)/C=C1/SC(=S)N(C=C2C(=O)NC(=O)NC2=O)C1=O. The van der Waals surface area contributed by atoms with Gasteiger partial charge in [-0.1, -0.05) is 60.4 Å². The number of amides is 5. The molecule has 0 aromatic heterocycles. The standard InChI is InChI=1S/C18H13N3O4S2/c1-10(7-11-5-3-2-4-6-11)8-13-16(24)21(18(26)27-13)9-12-14(22)19-17(25)20-15(12)23/h2-9H,1H3,(H2,19,20,22,23,25)/b10-7?,13-8+. The van der Waals surface area contributed by atoms with E-state index in [1.165, 1.54) is 0 Å². The fourth-order valence-corrected chi connectivity index (χ4v) is 3.63. The van der Waals surface area contributed by atoms with Crippen LogP contribution in [0, 0.1) is 0 Å². The van der Waals surface area contributed by atoms with Crippen LogP contribution in [-0.2, 0) is 14.4 Å². The third kappa shape index (κ3) is 4.21. The van der Waals surface area contributed by atoms with E-state index in [0.29, 0.717) is 4.91 Å². The number of imide groups is 2. The number of hydrogen-bond donors (Lipinski definition) is 2. The minimum atomic E-state index is -0.908. The molecule has 2 aliphatic rings. The number of carbonyl (C=O) groups is 4. The Balaban J connectivity index is 1.84. The van der Waals surface area contributed by atoms with Crippen molar-refractivity contribution < 1.29 is 19.2 Å². The third-order valence-electron chi connectivity index (χ3n) is 3.58. The Hall–Kier alpha value is -3.04. The first-order chi connectivity index (χ1) is 12.8. The van der Waals surface area contributed by atoms with Crippen molar-refractivity contribution in [2.75, 3.05) is 0 Å². The Bertz CT molecular complexity index is 942. The maximum Gasteiger partial charge on any atom is 0.328 e. The number of hydrogen-bond acceptors (Lipinski definition) is 6. The Morgan fingerprint density at radius 3 is 2.33 bits per heavy atom. The summed E-state index contributed by atoms with van der Waals surface area (Å²) in [5.41, 5.74) is 1.46. The van der Waals surface area contributed by atoms with Gasteiger partial charge in [0.15, 0.2) is 4.32 Å². The second kappa shape index (κ2) is 7.68. The number of thiocarbonyl (C=S) groups is 1. The molecule has 1 aromatic rings. The zero-order chi connectivity index (χ0) is 19.6. The van der Waals surface area contributed by atoms with E-state index in [1.54, 1.807) is 6.08 Å². The van der Waals surface area contributed by atoms with Gasteiger partial charge in [0.2, 0.25) is 0 Å². The molecule has 9 heteroatoms. The van der Waals surface area contributed by atoms with E-state index < -0.39 is 23.8 Å². The zero-order valence-electron chi connectivity index (χ0n) is 14.0. The normalized spacial score (nSPS) is 19.5. The van der Waals surface area contributed by atoms with Gasteiger partial charge in [-0.15, -0.1) is 0 Å². The van der Waals surface area contributed by atoms with Crippen LogP contribution in [0.4, 0.5) is 4.79 Å². The number of rotatable bonds is 3. The molecular formula is C18H13N3O4S2. The number of barbiturate groups is 1. The Morgan fingerprint density at radius 2 is 1.70 bits per heavy atom. The summed E-state index contributed by atoms with van der Waals surface area (Å²) in [7, 11) is 0. The average Bonchev–Trinajstić information content (AvgIpc) is 2.85. The summed E-state index contributed by atoms with van der Waals surface area (Å²) in [5.74, 6) is -2.22. The lowest BCUT2D eigenvalue weighted by molar-refractivity contribution is -0.124. The Labute approximate surface area is 164 Å². The molecule has 0 saturated carbocycles. The van der Waals surface area contributed by atoms with Gasteiger partial charge in [0.05, 0.1) is 4.91 Å². The van der Waals surface area contributed by atoms with Crippen molar-refractivity contribution in [3.8, 4) is 0 Å². The van der Waals surface area contributed by atoms with Crippen molar-refractivity contribution in [1.29, 1.82) is 0 Å². The first kappa shape index (κ1) is 18.7. The van der Waals surface area contributed by atoms with Gasteiger partial charge in [0.25, 0.3) is 17.7 Å². The van der Waals surface area contributed by atoms with Gasteiger partial charge >= 0.3 is 6.03 Å². The van der Waals surface area contributed by atoms with Crippen molar-refractivity contribution in [3.63, 3.8) is 0 Å². The molecule has 0 aliphatic carbocycles. The number of benzene rings is 1. The van der Waals surface area contributed by atoms with Gasteiger partial charge in [-0.05, 0) is 24.1 Å². The van der Waals surface area contributed by atoms with Crippen LogP contribution in [0.25, 0.3) is 6.08 Å². The fourth-order valence-electron chi connectivity index (χ4n) is 2.37. The second-order valence-corrected chi connectivity index (χ2v) is 7.31. The molecule has 1 aromatic carbocycles. The van der Waals surface area contributed by atoms with E-state index in [-0.39, 0.29) is 9.89 Å². The van der Waals surface area contributed by atoms with E-state index in [1.807, 2.05) is 54.0 Å². The van der Waals surface area contributed by atoms with E-state index in [2.05, 4.69) is 0 Å². The number of nitrogens with zero attached hydrogens (tertiary/aromatic N) is 1. The molecule has 2 aliphatic heterocycles. The molecule has 7 nitrogen and oxygen atoms in total. The first-order valence-corrected chi connectivity index (χ1v) is 8.96. The summed E-state index contributed by atoms with van der Waals surface area (Å²) < 4.78 is 0.184. The topological polar surface area (TPSA) is 95.6 Å². The molecule has 0 unspecified atom stereocenters. The summed E-state index contributed by atoms with van der Waals surface area (Å²) in [6.07, 6.45) is 4.65. The number of allylic oxidation sites excluding steroid dienone is 2. The zero-order valence-corrected chi connectivity index (χ0v) is 15.6. The lowest BCUT2D eigenvalue weighted by Crippen LogP contribution is -2.52.